The molecule has 1 atom stereocenters. The zero-order chi connectivity index (χ0) is 16.6. The van der Waals surface area contributed by atoms with Gasteiger partial charge in [-0.15, -0.1) is 0 Å². The van der Waals surface area contributed by atoms with Crippen LogP contribution in [0.5, 0.6) is 5.75 Å². The van der Waals surface area contributed by atoms with Crippen LogP contribution in [0.2, 0.25) is 0 Å². The van der Waals surface area contributed by atoms with Gasteiger partial charge in [-0.1, -0.05) is 0 Å². The molecule has 0 saturated carbocycles. The summed E-state index contributed by atoms with van der Waals surface area (Å²) in [7, 11) is 1.67. The van der Waals surface area contributed by atoms with Gasteiger partial charge in [-0.3, -0.25) is 14.9 Å². The molecule has 4 N–H and O–H groups in total. The fourth-order valence-electron chi connectivity index (χ4n) is 2.68. The first-order valence-corrected chi connectivity index (χ1v) is 6.66. The number of phenols is 1. The zero-order valence-electron chi connectivity index (χ0n) is 12.2. The first kappa shape index (κ1) is 15.8. The van der Waals surface area contributed by atoms with Crippen LogP contribution in [0.25, 0.3) is 10.9 Å². The number of phenolic OH excluding ortho intramolecular Hbond substituents is 1. The van der Waals surface area contributed by atoms with Gasteiger partial charge in [-0.25, -0.2) is 0 Å². The molecule has 8 heteroatoms. The van der Waals surface area contributed by atoms with Gasteiger partial charge in [0.1, 0.15) is 5.75 Å². The van der Waals surface area contributed by atoms with Crippen molar-refractivity contribution in [1.82, 2.24) is 4.57 Å². The Morgan fingerprint density at radius 3 is 2.64 bits per heavy atom. The maximum atomic E-state index is 11.3. The molecule has 1 heterocycles. The predicted octanol–water partition coefficient (Wildman–Crippen LogP) is 1.30. The standard InChI is InChI=1S/C14H17N3O5/c1-7-9(5-8(6-15)14(19)20)12-10(17(21)22)3-4-11(18)13(12)16(7)2/h3-4,8,18H,5-6,15H2,1-2H3,(H,19,20). The van der Waals surface area contributed by atoms with E-state index in [9.17, 15) is 20.0 Å². The van der Waals surface area contributed by atoms with E-state index in [1.54, 1.807) is 18.5 Å². The summed E-state index contributed by atoms with van der Waals surface area (Å²) < 4.78 is 1.63. The largest absolute Gasteiger partial charge is 0.506 e. The number of nitro groups is 1. The van der Waals surface area contributed by atoms with Gasteiger partial charge in [-0.05, 0) is 25.0 Å². The number of benzene rings is 1. The normalized spacial score (nSPS) is 12.5. The summed E-state index contributed by atoms with van der Waals surface area (Å²) in [5.41, 5.74) is 6.83. The van der Waals surface area contributed by atoms with Crippen molar-refractivity contribution in [2.45, 2.75) is 13.3 Å². The number of rotatable bonds is 5. The molecule has 0 fully saturated rings. The van der Waals surface area contributed by atoms with Crippen molar-refractivity contribution in [3.63, 3.8) is 0 Å². The molecule has 1 aromatic heterocycles. The molecular formula is C14H17N3O5. The van der Waals surface area contributed by atoms with Gasteiger partial charge in [0.2, 0.25) is 0 Å². The summed E-state index contributed by atoms with van der Waals surface area (Å²) in [5, 5.41) is 30.7. The minimum absolute atomic E-state index is 0.0688. The molecule has 0 spiro atoms. The number of fused-ring (bicyclic) bond motifs is 1. The summed E-state index contributed by atoms with van der Waals surface area (Å²) in [6.07, 6.45) is 0.0688. The number of carbonyl (C=O) groups is 1. The average molecular weight is 307 g/mol. The Balaban J connectivity index is 2.78. The van der Waals surface area contributed by atoms with Gasteiger partial charge in [0.05, 0.1) is 21.7 Å². The van der Waals surface area contributed by atoms with E-state index >= 15 is 0 Å². The van der Waals surface area contributed by atoms with Crippen LogP contribution in [-0.4, -0.2) is 32.2 Å². The van der Waals surface area contributed by atoms with Crippen LogP contribution < -0.4 is 5.73 Å². The molecule has 1 aromatic carbocycles. The number of nitrogens with zero attached hydrogens (tertiary/aromatic N) is 2. The molecule has 0 aliphatic rings. The zero-order valence-corrected chi connectivity index (χ0v) is 12.2. The molecule has 2 aromatic rings. The van der Waals surface area contributed by atoms with E-state index in [2.05, 4.69) is 0 Å². The Morgan fingerprint density at radius 1 is 1.50 bits per heavy atom. The summed E-state index contributed by atoms with van der Waals surface area (Å²) in [5.74, 6) is -1.98. The first-order chi connectivity index (χ1) is 10.3. The predicted molar refractivity (Wildman–Crippen MR) is 79.9 cm³/mol. The van der Waals surface area contributed by atoms with Crippen LogP contribution in [0, 0.1) is 23.0 Å². The minimum atomic E-state index is -1.05. The van der Waals surface area contributed by atoms with E-state index < -0.39 is 16.8 Å². The first-order valence-electron chi connectivity index (χ1n) is 6.66. The van der Waals surface area contributed by atoms with Gasteiger partial charge in [0, 0.05) is 25.4 Å². The second-order valence-electron chi connectivity index (χ2n) is 5.18. The Labute approximate surface area is 125 Å². The lowest BCUT2D eigenvalue weighted by molar-refractivity contribution is -0.383. The van der Waals surface area contributed by atoms with Gasteiger partial charge in [0.15, 0.2) is 0 Å². The van der Waals surface area contributed by atoms with E-state index in [0.717, 1.165) is 0 Å². The number of carboxylic acids is 1. The Hall–Kier alpha value is -2.61. The van der Waals surface area contributed by atoms with Crippen molar-refractivity contribution in [2.75, 3.05) is 6.54 Å². The minimum Gasteiger partial charge on any atom is -0.506 e. The third-order valence-corrected chi connectivity index (χ3v) is 3.99. The molecule has 2 rings (SSSR count). The smallest absolute Gasteiger partial charge is 0.308 e. The lowest BCUT2D eigenvalue weighted by Gasteiger charge is -2.10. The van der Waals surface area contributed by atoms with Crippen molar-refractivity contribution in [2.24, 2.45) is 18.7 Å². The molecule has 22 heavy (non-hydrogen) atoms. The van der Waals surface area contributed by atoms with E-state index in [1.807, 2.05) is 0 Å². The van der Waals surface area contributed by atoms with Crippen LogP contribution in [-0.2, 0) is 18.3 Å². The topological polar surface area (TPSA) is 132 Å². The number of carboxylic acid groups (broad SMARTS) is 1. The number of hydrogen-bond acceptors (Lipinski definition) is 5. The van der Waals surface area contributed by atoms with Crippen molar-refractivity contribution in [3.8, 4) is 5.75 Å². The highest BCUT2D eigenvalue weighted by Crippen LogP contribution is 2.38. The number of nitrogens with two attached hydrogens (primary N) is 1. The van der Waals surface area contributed by atoms with E-state index in [0.29, 0.717) is 16.8 Å². The molecule has 0 radical (unpaired) electrons. The Kier molecular flexibility index (Phi) is 4.05. The molecule has 118 valence electrons. The molecule has 0 saturated heterocycles. The van der Waals surface area contributed by atoms with E-state index in [4.69, 9.17) is 10.8 Å². The third kappa shape index (κ3) is 2.37. The SMILES string of the molecule is Cc1c(CC(CN)C(=O)O)c2c([N+](=O)[O-])ccc(O)c2n1C. The highest BCUT2D eigenvalue weighted by Gasteiger charge is 2.27. The van der Waals surface area contributed by atoms with Crippen LogP contribution in [0.3, 0.4) is 0 Å². The lowest BCUT2D eigenvalue weighted by atomic mass is 9.96. The van der Waals surface area contributed by atoms with Gasteiger partial charge in [-0.2, -0.15) is 0 Å². The van der Waals surface area contributed by atoms with Crippen molar-refractivity contribution >= 4 is 22.6 Å². The lowest BCUT2D eigenvalue weighted by Crippen LogP contribution is -2.25. The van der Waals surface area contributed by atoms with E-state index in [-0.39, 0.29) is 29.8 Å². The van der Waals surface area contributed by atoms with Crippen LogP contribution >= 0.6 is 0 Å². The third-order valence-electron chi connectivity index (χ3n) is 3.99. The summed E-state index contributed by atoms with van der Waals surface area (Å²) >= 11 is 0. The molecule has 8 nitrogen and oxygen atoms in total. The highest BCUT2D eigenvalue weighted by molar-refractivity contribution is 5.97. The molecule has 0 amide bonds. The van der Waals surface area contributed by atoms with Gasteiger partial charge >= 0.3 is 5.97 Å². The fourth-order valence-corrected chi connectivity index (χ4v) is 2.68. The van der Waals surface area contributed by atoms with E-state index in [1.165, 1.54) is 12.1 Å². The second-order valence-corrected chi connectivity index (χ2v) is 5.18. The molecular weight excluding hydrogens is 290 g/mol. The van der Waals surface area contributed by atoms with Crippen molar-refractivity contribution in [3.05, 3.63) is 33.5 Å². The Bertz CT molecular complexity index is 766. The molecule has 0 aliphatic carbocycles. The number of aromatic hydroxyl groups is 1. The van der Waals surface area contributed by atoms with Crippen LogP contribution in [0.1, 0.15) is 11.3 Å². The highest BCUT2D eigenvalue weighted by atomic mass is 16.6. The maximum Gasteiger partial charge on any atom is 0.308 e. The Morgan fingerprint density at radius 2 is 2.14 bits per heavy atom. The summed E-state index contributed by atoms with van der Waals surface area (Å²) in [6.45, 7) is 1.66. The number of hydrogen-bond donors (Lipinski definition) is 3. The number of aromatic nitrogens is 1. The quantitative estimate of drug-likeness (QED) is 0.563. The van der Waals surface area contributed by atoms with Crippen LogP contribution in [0.4, 0.5) is 5.69 Å². The fraction of sp³-hybridized carbons (Fsp3) is 0.357. The second kappa shape index (κ2) is 5.64. The average Bonchev–Trinajstić information content (AvgIpc) is 2.69. The monoisotopic (exact) mass is 307 g/mol. The molecule has 1 unspecified atom stereocenters. The molecule has 0 bridgehead atoms. The number of nitro benzene ring substituents is 1. The van der Waals surface area contributed by atoms with Gasteiger partial charge < -0.3 is 20.5 Å². The summed E-state index contributed by atoms with van der Waals surface area (Å²) in [4.78, 5) is 21.9. The maximum absolute atomic E-state index is 11.3. The van der Waals surface area contributed by atoms with Crippen molar-refractivity contribution < 1.29 is 19.9 Å². The summed E-state index contributed by atoms with van der Waals surface area (Å²) in [6, 6.07) is 2.49. The van der Waals surface area contributed by atoms with Crippen LogP contribution in [0.15, 0.2) is 12.1 Å². The van der Waals surface area contributed by atoms with Gasteiger partial charge in [0.25, 0.3) is 5.69 Å². The molecule has 0 aliphatic heterocycles. The number of non-ortho nitro benzene ring substituents is 1. The van der Waals surface area contributed by atoms with Crippen molar-refractivity contribution in [1.29, 1.82) is 0 Å². The number of aryl methyl sites for hydroxylation is 1. The number of aliphatic carboxylic acids is 1.